The highest BCUT2D eigenvalue weighted by Gasteiger charge is 2.18. The maximum atomic E-state index is 12.4. The minimum absolute atomic E-state index is 0.00751. The maximum Gasteiger partial charge on any atom is 0.255 e. The predicted octanol–water partition coefficient (Wildman–Crippen LogP) is 2.70. The first-order valence-electron chi connectivity index (χ1n) is 5.70. The van der Waals surface area contributed by atoms with Crippen molar-refractivity contribution in [2.45, 2.75) is 13.3 Å². The largest absolute Gasteiger partial charge is 0.409 e. The molecule has 5 nitrogen and oxygen atoms in total. The molecule has 0 spiro atoms. The van der Waals surface area contributed by atoms with E-state index in [1.54, 1.807) is 18.2 Å². The number of nitrogens with zero attached hydrogens (tertiary/aromatic N) is 2. The summed E-state index contributed by atoms with van der Waals surface area (Å²) >= 11 is 9.15. The Labute approximate surface area is 125 Å². The van der Waals surface area contributed by atoms with E-state index in [0.717, 1.165) is 6.42 Å². The van der Waals surface area contributed by atoms with Crippen LogP contribution < -0.4 is 5.73 Å². The molecule has 0 bridgehead atoms. The Morgan fingerprint density at radius 2 is 2.26 bits per heavy atom. The Bertz CT molecular complexity index is 494. The highest BCUT2D eigenvalue weighted by molar-refractivity contribution is 9.10. The first-order valence-corrected chi connectivity index (χ1v) is 6.87. The summed E-state index contributed by atoms with van der Waals surface area (Å²) in [5, 5.41) is 12.0. The summed E-state index contributed by atoms with van der Waals surface area (Å²) < 4.78 is 0.616. The van der Waals surface area contributed by atoms with E-state index in [2.05, 4.69) is 21.1 Å². The van der Waals surface area contributed by atoms with Gasteiger partial charge in [0.05, 0.1) is 12.1 Å². The van der Waals surface area contributed by atoms with Crippen LogP contribution in [0, 0.1) is 0 Å². The Morgan fingerprint density at radius 1 is 1.58 bits per heavy atom. The van der Waals surface area contributed by atoms with Gasteiger partial charge in [0.1, 0.15) is 0 Å². The fraction of sp³-hybridized carbons (Fsp3) is 0.333. The molecule has 0 saturated heterocycles. The van der Waals surface area contributed by atoms with E-state index >= 15 is 0 Å². The lowest BCUT2D eigenvalue weighted by Gasteiger charge is -2.22. The van der Waals surface area contributed by atoms with Crippen molar-refractivity contribution in [3.05, 3.63) is 33.3 Å². The number of carbonyl (C=O) groups is 1. The van der Waals surface area contributed by atoms with Crippen LogP contribution in [0.4, 0.5) is 0 Å². The molecule has 0 unspecified atom stereocenters. The molecule has 104 valence electrons. The van der Waals surface area contributed by atoms with Crippen molar-refractivity contribution in [3.8, 4) is 0 Å². The standard InChI is InChI=1S/C12H15BrClN3O2/c1-2-5-17(7-11(15)16-19)12(18)9-4-3-8(14)6-10(9)13/h3-4,6,19H,2,5,7H2,1H3,(H2,15,16). The highest BCUT2D eigenvalue weighted by Crippen LogP contribution is 2.22. The fourth-order valence-corrected chi connectivity index (χ4v) is 2.44. The van der Waals surface area contributed by atoms with Crippen molar-refractivity contribution in [1.29, 1.82) is 0 Å². The molecule has 0 atom stereocenters. The monoisotopic (exact) mass is 347 g/mol. The van der Waals surface area contributed by atoms with Gasteiger partial charge in [0.2, 0.25) is 0 Å². The van der Waals surface area contributed by atoms with Crippen LogP contribution >= 0.6 is 27.5 Å². The smallest absolute Gasteiger partial charge is 0.255 e. The molecule has 0 aromatic heterocycles. The summed E-state index contributed by atoms with van der Waals surface area (Å²) in [6, 6.07) is 4.94. The number of amidine groups is 1. The number of rotatable bonds is 5. The minimum Gasteiger partial charge on any atom is -0.409 e. The molecule has 0 aliphatic carbocycles. The Morgan fingerprint density at radius 3 is 2.79 bits per heavy atom. The zero-order valence-corrected chi connectivity index (χ0v) is 12.8. The van der Waals surface area contributed by atoms with Crippen molar-refractivity contribution in [2.24, 2.45) is 10.9 Å². The van der Waals surface area contributed by atoms with Gasteiger partial charge in [-0.1, -0.05) is 23.7 Å². The van der Waals surface area contributed by atoms with E-state index in [1.807, 2.05) is 6.92 Å². The molecule has 0 fully saturated rings. The number of amides is 1. The summed E-state index contributed by atoms with van der Waals surface area (Å²) in [6.07, 6.45) is 0.773. The van der Waals surface area contributed by atoms with E-state index in [1.165, 1.54) is 4.90 Å². The van der Waals surface area contributed by atoms with Crippen LogP contribution in [0.1, 0.15) is 23.7 Å². The van der Waals surface area contributed by atoms with E-state index < -0.39 is 0 Å². The zero-order valence-electron chi connectivity index (χ0n) is 10.4. The SMILES string of the molecule is CCCN(C/C(N)=N/O)C(=O)c1ccc(Cl)cc1Br. The molecule has 0 heterocycles. The lowest BCUT2D eigenvalue weighted by atomic mass is 10.2. The lowest BCUT2D eigenvalue weighted by Crippen LogP contribution is -2.39. The number of hydrogen-bond donors (Lipinski definition) is 2. The number of carbonyl (C=O) groups excluding carboxylic acids is 1. The molecule has 3 N–H and O–H groups in total. The summed E-state index contributed by atoms with van der Waals surface area (Å²) in [6.45, 7) is 2.55. The van der Waals surface area contributed by atoms with Crippen LogP contribution in [-0.2, 0) is 0 Å². The average Bonchev–Trinajstić information content (AvgIpc) is 2.37. The van der Waals surface area contributed by atoms with Gasteiger partial charge in [-0.3, -0.25) is 4.79 Å². The highest BCUT2D eigenvalue weighted by atomic mass is 79.9. The second-order valence-electron chi connectivity index (χ2n) is 3.94. The van der Waals surface area contributed by atoms with Crippen molar-refractivity contribution < 1.29 is 10.0 Å². The molecule has 1 aromatic carbocycles. The van der Waals surface area contributed by atoms with Gasteiger partial charge in [-0.2, -0.15) is 0 Å². The van der Waals surface area contributed by atoms with Gasteiger partial charge >= 0.3 is 0 Å². The molecule has 0 radical (unpaired) electrons. The van der Waals surface area contributed by atoms with E-state index in [4.69, 9.17) is 22.5 Å². The lowest BCUT2D eigenvalue weighted by molar-refractivity contribution is 0.0777. The van der Waals surface area contributed by atoms with Crippen molar-refractivity contribution in [1.82, 2.24) is 4.90 Å². The molecular weight excluding hydrogens is 334 g/mol. The Kier molecular flexibility index (Phi) is 6.11. The van der Waals surface area contributed by atoms with Gasteiger partial charge in [-0.25, -0.2) is 0 Å². The minimum atomic E-state index is -0.197. The van der Waals surface area contributed by atoms with Crippen molar-refractivity contribution >= 4 is 39.3 Å². The molecule has 0 aliphatic heterocycles. The average molecular weight is 349 g/mol. The van der Waals surface area contributed by atoms with E-state index in [9.17, 15) is 4.79 Å². The molecule has 19 heavy (non-hydrogen) atoms. The molecule has 1 rings (SSSR count). The molecule has 0 aliphatic rings. The molecule has 7 heteroatoms. The van der Waals surface area contributed by atoms with Crippen LogP contribution in [-0.4, -0.2) is 34.9 Å². The van der Waals surface area contributed by atoms with Crippen LogP contribution in [0.3, 0.4) is 0 Å². The predicted molar refractivity (Wildman–Crippen MR) is 78.8 cm³/mol. The normalized spacial score (nSPS) is 11.4. The Hall–Kier alpha value is -1.27. The van der Waals surface area contributed by atoms with Crippen molar-refractivity contribution in [2.75, 3.05) is 13.1 Å². The second kappa shape index (κ2) is 7.35. The van der Waals surface area contributed by atoms with E-state index in [-0.39, 0.29) is 18.3 Å². The zero-order chi connectivity index (χ0) is 14.4. The summed E-state index contributed by atoms with van der Waals surface area (Å²) in [5.41, 5.74) is 5.94. The van der Waals surface area contributed by atoms with Gasteiger partial charge < -0.3 is 15.8 Å². The fourth-order valence-electron chi connectivity index (χ4n) is 1.58. The maximum absolute atomic E-state index is 12.4. The van der Waals surface area contributed by atoms with Gasteiger partial charge in [-0.05, 0) is 40.5 Å². The third-order valence-electron chi connectivity index (χ3n) is 2.42. The van der Waals surface area contributed by atoms with Gasteiger partial charge in [-0.15, -0.1) is 0 Å². The summed E-state index contributed by atoms with van der Waals surface area (Å²) in [5.74, 6) is -0.205. The quantitative estimate of drug-likeness (QED) is 0.372. The van der Waals surface area contributed by atoms with Crippen LogP contribution in [0.2, 0.25) is 5.02 Å². The first-order chi connectivity index (χ1) is 8.99. The Balaban J connectivity index is 2.98. The number of halogens is 2. The molecule has 1 amide bonds. The number of hydrogen-bond acceptors (Lipinski definition) is 3. The number of nitrogens with two attached hydrogens (primary N) is 1. The van der Waals surface area contributed by atoms with Gasteiger partial charge in [0.15, 0.2) is 5.84 Å². The molecule has 0 saturated carbocycles. The molecular formula is C12H15BrClN3O2. The van der Waals surface area contributed by atoms with Gasteiger partial charge in [0.25, 0.3) is 5.91 Å². The number of oxime groups is 1. The number of benzene rings is 1. The van der Waals surface area contributed by atoms with Gasteiger partial charge in [0, 0.05) is 16.0 Å². The first kappa shape index (κ1) is 15.8. The summed E-state index contributed by atoms with van der Waals surface area (Å²) in [7, 11) is 0. The van der Waals surface area contributed by atoms with E-state index in [0.29, 0.717) is 21.6 Å². The molecule has 1 aromatic rings. The topological polar surface area (TPSA) is 78.9 Å². The van der Waals surface area contributed by atoms with Crippen molar-refractivity contribution in [3.63, 3.8) is 0 Å². The van der Waals surface area contributed by atoms with Crippen LogP contribution in [0.25, 0.3) is 0 Å². The second-order valence-corrected chi connectivity index (χ2v) is 5.23. The third kappa shape index (κ3) is 4.40. The summed E-state index contributed by atoms with van der Waals surface area (Å²) in [4.78, 5) is 13.9. The van der Waals surface area contributed by atoms with Crippen LogP contribution in [0.5, 0.6) is 0 Å². The van der Waals surface area contributed by atoms with Crippen LogP contribution in [0.15, 0.2) is 27.8 Å². The third-order valence-corrected chi connectivity index (χ3v) is 3.31.